The minimum atomic E-state index is 0.106. The zero-order chi connectivity index (χ0) is 24.5. The van der Waals surface area contributed by atoms with E-state index < -0.39 is 0 Å². The van der Waals surface area contributed by atoms with Crippen LogP contribution in [-0.2, 0) is 16.1 Å². The molecule has 4 aliphatic carbocycles. The van der Waals surface area contributed by atoms with Crippen LogP contribution in [0.25, 0.3) is 0 Å². The number of aromatic nitrogens is 2. The number of rotatable bonds is 5. The summed E-state index contributed by atoms with van der Waals surface area (Å²) in [6.07, 6.45) is 14.7. The molecule has 0 amide bonds. The molecular formula is C29H45N3O2. The lowest BCUT2D eigenvalue weighted by atomic mass is 9.44. The first kappa shape index (κ1) is 25.4. The van der Waals surface area contributed by atoms with Gasteiger partial charge in [0.2, 0.25) is 5.82 Å². The van der Waals surface area contributed by atoms with E-state index in [-0.39, 0.29) is 17.9 Å². The van der Waals surface area contributed by atoms with Crippen LogP contribution in [-0.4, -0.2) is 29.1 Å². The van der Waals surface area contributed by atoms with Gasteiger partial charge in [0.25, 0.3) is 0 Å². The van der Waals surface area contributed by atoms with E-state index in [1.807, 2.05) is 21.0 Å². The van der Waals surface area contributed by atoms with Crippen molar-refractivity contribution in [1.82, 2.24) is 9.55 Å². The highest BCUT2D eigenvalue weighted by Gasteiger charge is 2.62. The molecule has 8 atom stereocenters. The van der Waals surface area contributed by atoms with Gasteiger partial charge in [-0.3, -0.25) is 4.79 Å². The SMILES string of the molecule is CC.COCC12CCC(C)CC1CCC1C2CCC2(C)C1CC[C@@H]2C(=O)Cn1ccnc1C#N. The molecule has 5 nitrogen and oxygen atoms in total. The van der Waals surface area contributed by atoms with Crippen LogP contribution < -0.4 is 0 Å². The Hall–Kier alpha value is -1.67. The van der Waals surface area contributed by atoms with Gasteiger partial charge < -0.3 is 9.30 Å². The zero-order valence-corrected chi connectivity index (χ0v) is 22.1. The summed E-state index contributed by atoms with van der Waals surface area (Å²) in [5, 5.41) is 9.28. The van der Waals surface area contributed by atoms with Gasteiger partial charge in [-0.1, -0.05) is 34.1 Å². The smallest absolute Gasteiger partial charge is 0.213 e. The monoisotopic (exact) mass is 467 g/mol. The van der Waals surface area contributed by atoms with Crippen LogP contribution in [0.2, 0.25) is 0 Å². The number of ketones is 1. The molecule has 0 aliphatic heterocycles. The summed E-state index contributed by atoms with van der Waals surface area (Å²) in [6.45, 7) is 10.1. The van der Waals surface area contributed by atoms with Gasteiger partial charge in [0, 0.05) is 25.4 Å². The first-order valence-electron chi connectivity index (χ1n) is 13.9. The zero-order valence-electron chi connectivity index (χ0n) is 22.1. The Morgan fingerprint density at radius 3 is 2.71 bits per heavy atom. The van der Waals surface area contributed by atoms with Gasteiger partial charge in [-0.15, -0.1) is 0 Å². The fourth-order valence-electron chi connectivity index (χ4n) is 9.17. The van der Waals surface area contributed by atoms with E-state index in [9.17, 15) is 10.1 Å². The minimum absolute atomic E-state index is 0.106. The lowest BCUT2D eigenvalue weighted by Crippen LogP contribution is -2.56. The maximum Gasteiger partial charge on any atom is 0.213 e. The normalized spacial score (nSPS) is 40.7. The molecule has 4 aliphatic rings. The van der Waals surface area contributed by atoms with Crippen molar-refractivity contribution in [2.75, 3.05) is 13.7 Å². The number of methoxy groups -OCH3 is 1. The first-order chi connectivity index (χ1) is 16.4. The summed E-state index contributed by atoms with van der Waals surface area (Å²) in [7, 11) is 1.90. The minimum Gasteiger partial charge on any atom is -0.384 e. The predicted octanol–water partition coefficient (Wildman–Crippen LogP) is 6.27. The van der Waals surface area contributed by atoms with Crippen molar-refractivity contribution in [3.63, 3.8) is 0 Å². The lowest BCUT2D eigenvalue weighted by Gasteiger charge is -2.61. The molecule has 1 aromatic heterocycles. The number of hydrogen-bond donors (Lipinski definition) is 0. The van der Waals surface area contributed by atoms with Gasteiger partial charge in [0.05, 0.1) is 13.2 Å². The van der Waals surface area contributed by atoms with Crippen LogP contribution >= 0.6 is 0 Å². The predicted molar refractivity (Wildman–Crippen MR) is 134 cm³/mol. The second-order valence-electron chi connectivity index (χ2n) is 11.8. The Morgan fingerprint density at radius 2 is 1.97 bits per heavy atom. The quantitative estimate of drug-likeness (QED) is 0.512. The number of nitrogens with zero attached hydrogens (tertiary/aromatic N) is 3. The molecule has 1 aromatic rings. The van der Waals surface area contributed by atoms with Crippen molar-refractivity contribution in [2.45, 2.75) is 92.0 Å². The number of hydrogen-bond acceptors (Lipinski definition) is 4. The van der Waals surface area contributed by atoms with E-state index in [2.05, 4.69) is 24.9 Å². The number of fused-ring (bicyclic) bond motifs is 5. The molecule has 4 saturated carbocycles. The first-order valence-corrected chi connectivity index (χ1v) is 13.9. The standard InChI is InChI=1S/C27H39N3O2.C2H6/c1-18-8-11-27(17-32-3)19(14-18)4-5-20-21-6-7-23(26(21,2)10-9-22(20)27)24(31)16-30-13-12-29-25(30)15-28;1-2/h12-13,18-23H,4-11,14,16-17H2,1-3H3;1-2H3/t18?,19?,20?,21?,22?,23-,26?,27?;/m1./s1. The number of carbonyl (C=O) groups is 1. The molecule has 5 heteroatoms. The molecule has 5 rings (SSSR count). The number of carbonyl (C=O) groups excluding carboxylic acids is 1. The molecule has 0 N–H and O–H groups in total. The van der Waals surface area contributed by atoms with Gasteiger partial charge in [0.15, 0.2) is 5.78 Å². The van der Waals surface area contributed by atoms with Gasteiger partial charge >= 0.3 is 0 Å². The Balaban J connectivity index is 0.00000133. The van der Waals surface area contributed by atoms with Crippen molar-refractivity contribution in [1.29, 1.82) is 5.26 Å². The molecular weight excluding hydrogens is 422 g/mol. The molecule has 34 heavy (non-hydrogen) atoms. The second kappa shape index (κ2) is 10.1. The molecule has 188 valence electrons. The average Bonchev–Trinajstić information content (AvgIpc) is 3.44. The highest BCUT2D eigenvalue weighted by molar-refractivity contribution is 5.82. The van der Waals surface area contributed by atoms with E-state index >= 15 is 0 Å². The Morgan fingerprint density at radius 1 is 1.18 bits per heavy atom. The molecule has 0 spiro atoms. The van der Waals surface area contributed by atoms with Crippen LogP contribution in [0.3, 0.4) is 0 Å². The van der Waals surface area contributed by atoms with Crippen molar-refractivity contribution in [3.05, 3.63) is 18.2 Å². The molecule has 0 bridgehead atoms. The van der Waals surface area contributed by atoms with E-state index in [4.69, 9.17) is 4.74 Å². The Bertz CT molecular complexity index is 903. The summed E-state index contributed by atoms with van der Waals surface area (Å²) < 4.78 is 7.64. The molecule has 4 fully saturated rings. The largest absolute Gasteiger partial charge is 0.384 e. The highest BCUT2D eigenvalue weighted by atomic mass is 16.5. The van der Waals surface area contributed by atoms with E-state index in [1.165, 1.54) is 44.9 Å². The third-order valence-electron chi connectivity index (χ3n) is 10.6. The number of ether oxygens (including phenoxy) is 1. The molecule has 0 aromatic carbocycles. The van der Waals surface area contributed by atoms with Gasteiger partial charge in [-0.2, -0.15) is 5.26 Å². The number of imidazole rings is 1. The fourth-order valence-corrected chi connectivity index (χ4v) is 9.17. The van der Waals surface area contributed by atoms with Gasteiger partial charge in [-0.05, 0) is 91.8 Å². The van der Waals surface area contributed by atoms with Crippen molar-refractivity contribution >= 4 is 5.78 Å². The van der Waals surface area contributed by atoms with Crippen molar-refractivity contribution in [3.8, 4) is 6.07 Å². The van der Waals surface area contributed by atoms with Crippen LogP contribution in [0.5, 0.6) is 0 Å². The van der Waals surface area contributed by atoms with Crippen LogP contribution in [0.1, 0.15) is 91.3 Å². The third kappa shape index (κ3) is 4.04. The van der Waals surface area contributed by atoms with Crippen LogP contribution in [0, 0.1) is 57.7 Å². The van der Waals surface area contributed by atoms with Gasteiger partial charge in [-0.25, -0.2) is 4.98 Å². The van der Waals surface area contributed by atoms with Crippen LogP contribution in [0.15, 0.2) is 12.4 Å². The molecule has 1 heterocycles. The summed E-state index contributed by atoms with van der Waals surface area (Å²) in [5.41, 5.74) is 0.473. The third-order valence-corrected chi connectivity index (χ3v) is 10.6. The van der Waals surface area contributed by atoms with Gasteiger partial charge in [0.1, 0.15) is 6.07 Å². The lowest BCUT2D eigenvalue weighted by molar-refractivity contribution is -0.154. The van der Waals surface area contributed by atoms with E-state index in [1.54, 1.807) is 17.0 Å². The molecule has 0 saturated heterocycles. The average molecular weight is 468 g/mol. The fraction of sp³-hybridized carbons (Fsp3) is 0.828. The summed E-state index contributed by atoms with van der Waals surface area (Å²) in [4.78, 5) is 17.5. The summed E-state index contributed by atoms with van der Waals surface area (Å²) in [6, 6.07) is 2.11. The Labute approximate surface area is 206 Å². The number of nitriles is 1. The van der Waals surface area contributed by atoms with E-state index in [0.717, 1.165) is 43.1 Å². The maximum atomic E-state index is 13.5. The summed E-state index contributed by atoms with van der Waals surface area (Å²) >= 11 is 0. The summed E-state index contributed by atoms with van der Waals surface area (Å²) in [5.74, 6) is 4.59. The Kier molecular flexibility index (Phi) is 7.58. The number of Topliss-reactive ketones (excluding diaryl/α,β-unsaturated/α-hetero) is 1. The topological polar surface area (TPSA) is 67.9 Å². The highest BCUT2D eigenvalue weighted by Crippen LogP contribution is 2.68. The molecule has 7 unspecified atom stereocenters. The van der Waals surface area contributed by atoms with Crippen LogP contribution in [0.4, 0.5) is 0 Å². The maximum absolute atomic E-state index is 13.5. The van der Waals surface area contributed by atoms with E-state index in [0.29, 0.717) is 22.9 Å². The van der Waals surface area contributed by atoms with Crippen molar-refractivity contribution in [2.24, 2.45) is 46.3 Å². The second-order valence-corrected chi connectivity index (χ2v) is 11.8. The van der Waals surface area contributed by atoms with Crippen molar-refractivity contribution < 1.29 is 9.53 Å². The molecule has 0 radical (unpaired) electrons.